The minimum atomic E-state index is 0.319. The van der Waals surface area contributed by atoms with Gasteiger partial charge in [-0.05, 0) is 27.6 Å². The molecular formula is C6H23N3O. The lowest BCUT2D eigenvalue weighted by molar-refractivity contribution is 0.295. The van der Waals surface area contributed by atoms with E-state index in [0.717, 1.165) is 6.42 Å². The molecule has 0 radical (unpaired) electrons. The average molecular weight is 153 g/mol. The van der Waals surface area contributed by atoms with Crippen LogP contribution in [0.3, 0.4) is 0 Å². The Labute approximate surface area is 64.4 Å². The van der Waals surface area contributed by atoms with Crippen LogP contribution in [-0.4, -0.2) is 32.9 Å². The van der Waals surface area contributed by atoms with Crippen LogP contribution in [0.25, 0.3) is 0 Å². The Balaban J connectivity index is -0.0000000262. The fraction of sp³-hybridized carbons (Fsp3) is 1.00. The van der Waals surface area contributed by atoms with Gasteiger partial charge in [0, 0.05) is 6.61 Å². The molecule has 0 aromatic carbocycles. The van der Waals surface area contributed by atoms with Crippen LogP contribution in [0.5, 0.6) is 0 Å². The third-order valence-corrected chi connectivity index (χ3v) is 0.224. The van der Waals surface area contributed by atoms with E-state index in [2.05, 4.69) is 17.2 Å². The molecule has 0 heterocycles. The molecule has 0 aromatic rings. The normalized spacial score (nSPS) is 4.80. The highest BCUT2D eigenvalue weighted by atomic mass is 16.2. The zero-order valence-electron chi connectivity index (χ0n) is 7.59. The summed E-state index contributed by atoms with van der Waals surface area (Å²) in [6, 6.07) is 0. The lowest BCUT2D eigenvalue weighted by Crippen LogP contribution is -1.69. The number of aliphatic hydroxyl groups excluding tert-OH is 1. The van der Waals surface area contributed by atoms with Crippen molar-refractivity contribution in [2.24, 2.45) is 17.2 Å². The van der Waals surface area contributed by atoms with Crippen molar-refractivity contribution in [2.45, 2.75) is 13.3 Å². The largest absolute Gasteiger partial charge is 0.396 e. The summed E-state index contributed by atoms with van der Waals surface area (Å²) in [6.07, 6.45) is 0.875. The zero-order chi connectivity index (χ0) is 9.41. The fourth-order valence-corrected chi connectivity index (χ4v) is 0. The van der Waals surface area contributed by atoms with Crippen molar-refractivity contribution < 1.29 is 5.11 Å². The second-order valence-electron chi connectivity index (χ2n) is 0.724. The summed E-state index contributed by atoms with van der Waals surface area (Å²) in [5, 5.41) is 7.88. The van der Waals surface area contributed by atoms with Crippen molar-refractivity contribution in [3.8, 4) is 0 Å². The van der Waals surface area contributed by atoms with Gasteiger partial charge in [0.05, 0.1) is 0 Å². The Bertz CT molecular complexity index is 15.0. The van der Waals surface area contributed by atoms with Gasteiger partial charge < -0.3 is 22.3 Å². The fourth-order valence-electron chi connectivity index (χ4n) is 0. The SMILES string of the molecule is CCCO.CN.CN.CN. The maximum Gasteiger partial charge on any atom is 0.0428 e. The molecule has 0 atom stereocenters. The molecule has 4 nitrogen and oxygen atoms in total. The van der Waals surface area contributed by atoms with Crippen LogP contribution in [0.1, 0.15) is 13.3 Å². The van der Waals surface area contributed by atoms with Crippen LogP contribution in [0.4, 0.5) is 0 Å². The monoisotopic (exact) mass is 153 g/mol. The predicted octanol–water partition coefficient (Wildman–Crippen LogP) is -0.887. The average Bonchev–Trinajstić information content (AvgIpc) is 2.14. The third-order valence-electron chi connectivity index (χ3n) is 0.224. The Hall–Kier alpha value is -0.160. The number of aliphatic hydroxyl groups is 1. The number of hydrogen-bond donors (Lipinski definition) is 4. The van der Waals surface area contributed by atoms with E-state index in [1.54, 1.807) is 0 Å². The minimum absolute atomic E-state index is 0.319. The van der Waals surface area contributed by atoms with Gasteiger partial charge in [-0.3, -0.25) is 0 Å². The highest BCUT2D eigenvalue weighted by Gasteiger charge is 1.57. The Morgan fingerprint density at radius 3 is 1.00 bits per heavy atom. The van der Waals surface area contributed by atoms with E-state index >= 15 is 0 Å². The van der Waals surface area contributed by atoms with Crippen molar-refractivity contribution in [1.82, 2.24) is 0 Å². The molecule has 10 heavy (non-hydrogen) atoms. The topological polar surface area (TPSA) is 98.3 Å². The Morgan fingerprint density at radius 2 is 1.00 bits per heavy atom. The summed E-state index contributed by atoms with van der Waals surface area (Å²) in [4.78, 5) is 0. The summed E-state index contributed by atoms with van der Waals surface area (Å²) >= 11 is 0. The Kier molecular flexibility index (Phi) is 362. The molecule has 0 saturated carbocycles. The first kappa shape index (κ1) is 22.5. The van der Waals surface area contributed by atoms with Crippen LogP contribution in [0.2, 0.25) is 0 Å². The van der Waals surface area contributed by atoms with Crippen molar-refractivity contribution in [1.29, 1.82) is 0 Å². The molecule has 0 aliphatic heterocycles. The molecule has 0 aromatic heterocycles. The highest BCUT2D eigenvalue weighted by Crippen LogP contribution is 1.61. The standard InChI is InChI=1S/C3H8O.3CH5N/c1-2-3-4;3*1-2/h4H,2-3H2,1H3;3*2H2,1H3. The van der Waals surface area contributed by atoms with Crippen molar-refractivity contribution >= 4 is 0 Å². The first-order chi connectivity index (χ1) is 4.91. The molecular weight excluding hydrogens is 130 g/mol. The molecule has 0 unspecified atom stereocenters. The van der Waals surface area contributed by atoms with Gasteiger partial charge in [-0.25, -0.2) is 0 Å². The maximum absolute atomic E-state index is 7.88. The zero-order valence-corrected chi connectivity index (χ0v) is 7.59. The highest BCUT2D eigenvalue weighted by molar-refractivity contribution is 4.10. The van der Waals surface area contributed by atoms with E-state index in [1.807, 2.05) is 6.92 Å². The van der Waals surface area contributed by atoms with Gasteiger partial charge in [0.25, 0.3) is 0 Å². The second-order valence-corrected chi connectivity index (χ2v) is 0.724. The summed E-state index contributed by atoms with van der Waals surface area (Å²) in [5.74, 6) is 0. The van der Waals surface area contributed by atoms with Gasteiger partial charge in [0.15, 0.2) is 0 Å². The molecule has 0 bridgehead atoms. The van der Waals surface area contributed by atoms with Crippen molar-refractivity contribution in [2.75, 3.05) is 27.7 Å². The van der Waals surface area contributed by atoms with Crippen LogP contribution in [0.15, 0.2) is 0 Å². The van der Waals surface area contributed by atoms with Crippen molar-refractivity contribution in [3.63, 3.8) is 0 Å². The first-order valence-corrected chi connectivity index (χ1v) is 3.26. The molecule has 0 saturated heterocycles. The van der Waals surface area contributed by atoms with Crippen LogP contribution >= 0.6 is 0 Å². The van der Waals surface area contributed by atoms with Gasteiger partial charge in [-0.15, -0.1) is 0 Å². The smallest absolute Gasteiger partial charge is 0.0428 e. The van der Waals surface area contributed by atoms with Crippen molar-refractivity contribution in [3.05, 3.63) is 0 Å². The summed E-state index contributed by atoms with van der Waals surface area (Å²) in [5.41, 5.74) is 13.5. The molecule has 0 spiro atoms. The molecule has 0 aliphatic carbocycles. The van der Waals surface area contributed by atoms with Gasteiger partial charge >= 0.3 is 0 Å². The van der Waals surface area contributed by atoms with Gasteiger partial charge in [0.1, 0.15) is 0 Å². The van der Waals surface area contributed by atoms with Gasteiger partial charge in [-0.2, -0.15) is 0 Å². The van der Waals surface area contributed by atoms with Gasteiger partial charge in [0.2, 0.25) is 0 Å². The number of hydrogen-bond acceptors (Lipinski definition) is 4. The second kappa shape index (κ2) is 160. The number of nitrogens with two attached hydrogens (primary N) is 3. The van der Waals surface area contributed by atoms with Gasteiger partial charge in [-0.1, -0.05) is 6.92 Å². The summed E-state index contributed by atoms with van der Waals surface area (Å²) in [6.45, 7) is 2.25. The van der Waals surface area contributed by atoms with Crippen LogP contribution in [-0.2, 0) is 0 Å². The van der Waals surface area contributed by atoms with E-state index < -0.39 is 0 Å². The maximum atomic E-state index is 7.88. The summed E-state index contributed by atoms with van der Waals surface area (Å²) in [7, 11) is 4.50. The molecule has 68 valence electrons. The minimum Gasteiger partial charge on any atom is -0.396 e. The third kappa shape index (κ3) is 520. The van der Waals surface area contributed by atoms with Crippen LogP contribution < -0.4 is 17.2 Å². The van der Waals surface area contributed by atoms with Crippen LogP contribution in [0, 0.1) is 0 Å². The number of rotatable bonds is 1. The van der Waals surface area contributed by atoms with E-state index in [4.69, 9.17) is 5.11 Å². The molecule has 0 amide bonds. The molecule has 4 heteroatoms. The molecule has 0 rings (SSSR count). The molecule has 0 fully saturated rings. The lowest BCUT2D eigenvalue weighted by atomic mass is 10.5. The van der Waals surface area contributed by atoms with E-state index in [1.165, 1.54) is 21.1 Å². The van der Waals surface area contributed by atoms with E-state index in [0.29, 0.717) is 6.61 Å². The molecule has 7 N–H and O–H groups in total. The van der Waals surface area contributed by atoms with E-state index in [-0.39, 0.29) is 0 Å². The quantitative estimate of drug-likeness (QED) is 0.393. The predicted molar refractivity (Wildman–Crippen MR) is 47.7 cm³/mol. The van der Waals surface area contributed by atoms with E-state index in [9.17, 15) is 0 Å². The Morgan fingerprint density at radius 1 is 0.900 bits per heavy atom. The lowest BCUT2D eigenvalue weighted by Gasteiger charge is -1.69. The first-order valence-electron chi connectivity index (χ1n) is 3.26. The molecule has 0 aliphatic rings. The summed E-state index contributed by atoms with van der Waals surface area (Å²) < 4.78 is 0.